The van der Waals surface area contributed by atoms with Crippen molar-refractivity contribution in [2.45, 2.75) is 63.3 Å². The molecular weight excluding hydrogens is 691 g/mol. The van der Waals surface area contributed by atoms with Crippen LogP contribution in [0, 0.1) is 6.92 Å². The quantitative estimate of drug-likeness (QED) is 0.159. The molecular formula is C37H29F9N2O3. The highest BCUT2D eigenvalue weighted by Crippen LogP contribution is 2.50. The normalized spacial score (nSPS) is 19.3. The summed E-state index contributed by atoms with van der Waals surface area (Å²) < 4.78 is 130. The summed E-state index contributed by atoms with van der Waals surface area (Å²) in [7, 11) is 1.38. The zero-order valence-electron chi connectivity index (χ0n) is 27.1. The molecule has 0 unspecified atom stereocenters. The molecule has 51 heavy (non-hydrogen) atoms. The summed E-state index contributed by atoms with van der Waals surface area (Å²) in [5, 5.41) is 2.49. The first-order valence-electron chi connectivity index (χ1n) is 15.7. The molecule has 14 heteroatoms. The number of amides is 2. The lowest BCUT2D eigenvalue weighted by Crippen LogP contribution is -2.32. The minimum Gasteiger partial charge on any atom is -0.496 e. The number of carbonyl (C=O) groups excluding carboxylic acids is 2. The minimum absolute atomic E-state index is 0.00884. The van der Waals surface area contributed by atoms with Gasteiger partial charge >= 0.3 is 24.6 Å². The van der Waals surface area contributed by atoms with E-state index in [1.54, 1.807) is 43.3 Å². The summed E-state index contributed by atoms with van der Waals surface area (Å²) in [6.07, 6.45) is -14.9. The van der Waals surface area contributed by atoms with E-state index in [0.29, 0.717) is 34.6 Å². The van der Waals surface area contributed by atoms with Gasteiger partial charge in [-0.1, -0.05) is 24.3 Å². The molecule has 0 aliphatic carbocycles. The Hall–Kier alpha value is -5.01. The number of urea groups is 1. The van der Waals surface area contributed by atoms with E-state index in [0.717, 1.165) is 23.3 Å². The number of aryl methyl sites for hydroxylation is 1. The smallest absolute Gasteiger partial charge is 0.416 e. The number of nitrogens with one attached hydrogen (secondary N) is 1. The van der Waals surface area contributed by atoms with Crippen molar-refractivity contribution < 1.29 is 53.8 Å². The Balaban J connectivity index is 1.46. The summed E-state index contributed by atoms with van der Waals surface area (Å²) in [6.45, 7) is 3.24. The molecule has 2 heterocycles. The molecule has 0 aromatic heterocycles. The number of ketones is 1. The lowest BCUT2D eigenvalue weighted by molar-refractivity contribution is -0.143. The van der Waals surface area contributed by atoms with Crippen molar-refractivity contribution in [3.05, 3.63) is 112 Å². The number of methoxy groups -OCH3 is 1. The number of hydrogen-bond donors (Lipinski definition) is 1. The van der Waals surface area contributed by atoms with Gasteiger partial charge in [0.1, 0.15) is 5.75 Å². The average Bonchev–Trinajstić information content (AvgIpc) is 3.63. The summed E-state index contributed by atoms with van der Waals surface area (Å²) in [4.78, 5) is 26.6. The fraction of sp³-hybridized carbons (Fsp3) is 0.297. The fourth-order valence-electron chi connectivity index (χ4n) is 7.08. The first-order valence-corrected chi connectivity index (χ1v) is 15.7. The van der Waals surface area contributed by atoms with E-state index in [2.05, 4.69) is 5.32 Å². The van der Waals surface area contributed by atoms with Crippen molar-refractivity contribution in [1.82, 2.24) is 10.2 Å². The number of rotatable bonds is 6. The SMILES string of the molecule is COc1ccc(-c2ccc(C(C)=O)cc2C)cc1-c1ccc(C(F)(F)F)cc1[C@@H]1CC[C@H]2[C@@H](c3cc(C(F)(F)F)cc(C(F)(F)F)c3)NC(=O)N12. The van der Waals surface area contributed by atoms with Gasteiger partial charge in [0, 0.05) is 11.1 Å². The number of Topliss-reactive ketones (excluding diaryl/α,β-unsaturated/α-hetero) is 1. The highest BCUT2D eigenvalue weighted by Gasteiger charge is 2.50. The summed E-state index contributed by atoms with van der Waals surface area (Å²) in [5.74, 6) is 0.158. The van der Waals surface area contributed by atoms with Crippen LogP contribution in [0.1, 0.15) is 75.6 Å². The van der Waals surface area contributed by atoms with Crippen LogP contribution in [-0.2, 0) is 18.5 Å². The molecule has 0 saturated carbocycles. The van der Waals surface area contributed by atoms with Gasteiger partial charge in [0.15, 0.2) is 5.78 Å². The number of hydrogen-bond acceptors (Lipinski definition) is 3. The van der Waals surface area contributed by atoms with E-state index in [1.165, 1.54) is 25.0 Å². The van der Waals surface area contributed by atoms with E-state index in [1.807, 2.05) is 0 Å². The Bertz CT molecular complexity index is 2000. The van der Waals surface area contributed by atoms with Crippen LogP contribution in [0.15, 0.2) is 72.8 Å². The minimum atomic E-state index is -5.12. The zero-order valence-corrected chi connectivity index (χ0v) is 27.1. The highest BCUT2D eigenvalue weighted by atomic mass is 19.4. The maximum absolute atomic E-state index is 14.1. The molecule has 2 amide bonds. The van der Waals surface area contributed by atoms with E-state index >= 15 is 0 Å². The van der Waals surface area contributed by atoms with Crippen LogP contribution in [-0.4, -0.2) is 29.9 Å². The molecule has 2 aliphatic rings. The standard InChI is InChI=1S/C37H29F9N2O3/c1-18-12-20(19(2)49)4-7-26(18)21-5-11-32(51-3)29(15-21)27-8-6-23(35(38,39)40)17-28(27)30-9-10-31-33(47-34(50)48(30)31)22-13-24(36(41,42)43)16-25(14-22)37(44,45)46/h4-8,11-17,30-31,33H,9-10H2,1-3H3,(H,47,50)/t30-,31-,33+/m0/s1. The zero-order chi connectivity index (χ0) is 37.2. The molecule has 3 atom stereocenters. The number of fused-ring (bicyclic) bond motifs is 1. The van der Waals surface area contributed by atoms with E-state index in [-0.39, 0.29) is 35.8 Å². The van der Waals surface area contributed by atoms with Crippen molar-refractivity contribution in [3.63, 3.8) is 0 Å². The monoisotopic (exact) mass is 720 g/mol. The van der Waals surface area contributed by atoms with E-state index in [9.17, 15) is 49.1 Å². The lowest BCUT2D eigenvalue weighted by Gasteiger charge is -2.28. The van der Waals surface area contributed by atoms with Gasteiger partial charge in [-0.3, -0.25) is 4.79 Å². The molecule has 6 rings (SSSR count). The number of nitrogens with zero attached hydrogens (tertiary/aromatic N) is 1. The molecule has 0 bridgehead atoms. The third-order valence-corrected chi connectivity index (χ3v) is 9.47. The maximum atomic E-state index is 14.1. The van der Waals surface area contributed by atoms with Crippen LogP contribution in [0.25, 0.3) is 22.3 Å². The molecule has 268 valence electrons. The third kappa shape index (κ3) is 6.75. The number of alkyl halides is 9. The van der Waals surface area contributed by atoms with E-state index in [4.69, 9.17) is 4.74 Å². The van der Waals surface area contributed by atoms with Crippen LogP contribution in [0.4, 0.5) is 44.3 Å². The molecule has 5 nitrogen and oxygen atoms in total. The molecule has 0 radical (unpaired) electrons. The lowest BCUT2D eigenvalue weighted by atomic mass is 9.89. The van der Waals surface area contributed by atoms with Crippen molar-refractivity contribution >= 4 is 11.8 Å². The van der Waals surface area contributed by atoms with Gasteiger partial charge in [0.2, 0.25) is 0 Å². The van der Waals surface area contributed by atoms with Crippen LogP contribution in [0.2, 0.25) is 0 Å². The van der Waals surface area contributed by atoms with Gasteiger partial charge in [0.25, 0.3) is 0 Å². The van der Waals surface area contributed by atoms with Gasteiger partial charge in [0.05, 0.1) is 41.9 Å². The highest BCUT2D eigenvalue weighted by molar-refractivity contribution is 5.95. The molecule has 4 aromatic rings. The Morgan fingerprint density at radius 3 is 1.94 bits per heavy atom. The molecule has 2 saturated heterocycles. The Morgan fingerprint density at radius 2 is 1.37 bits per heavy atom. The van der Waals surface area contributed by atoms with Crippen molar-refractivity contribution in [3.8, 4) is 28.0 Å². The Kier molecular flexibility index (Phi) is 8.87. The summed E-state index contributed by atoms with van der Waals surface area (Å²) in [5.41, 5.74) is -1.18. The predicted molar refractivity (Wildman–Crippen MR) is 169 cm³/mol. The summed E-state index contributed by atoms with van der Waals surface area (Å²) in [6, 6.07) is 10.2. The Labute approximate surface area is 286 Å². The van der Waals surface area contributed by atoms with E-state index < -0.39 is 64.9 Å². The second kappa shape index (κ2) is 12.6. The number of halogens is 9. The third-order valence-electron chi connectivity index (χ3n) is 9.47. The molecule has 2 aliphatic heterocycles. The molecule has 1 N–H and O–H groups in total. The topological polar surface area (TPSA) is 58.6 Å². The van der Waals surface area contributed by atoms with Crippen molar-refractivity contribution in [2.75, 3.05) is 7.11 Å². The number of benzene rings is 4. The maximum Gasteiger partial charge on any atom is 0.416 e. The molecule has 2 fully saturated rings. The average molecular weight is 721 g/mol. The van der Waals surface area contributed by atoms with Crippen LogP contribution in [0.5, 0.6) is 5.75 Å². The van der Waals surface area contributed by atoms with Gasteiger partial charge < -0.3 is 15.0 Å². The van der Waals surface area contributed by atoms with Gasteiger partial charge in [-0.25, -0.2) is 4.79 Å². The summed E-state index contributed by atoms with van der Waals surface area (Å²) >= 11 is 0. The van der Waals surface area contributed by atoms with Gasteiger partial charge in [-0.2, -0.15) is 39.5 Å². The first-order chi connectivity index (χ1) is 23.8. The second-order valence-corrected chi connectivity index (χ2v) is 12.6. The Morgan fingerprint density at radius 1 is 0.745 bits per heavy atom. The molecule has 0 spiro atoms. The largest absolute Gasteiger partial charge is 0.496 e. The second-order valence-electron chi connectivity index (χ2n) is 12.6. The first kappa shape index (κ1) is 35.8. The van der Waals surface area contributed by atoms with Crippen LogP contribution >= 0.6 is 0 Å². The predicted octanol–water partition coefficient (Wildman–Crippen LogP) is 10.6. The fourth-order valence-corrected chi connectivity index (χ4v) is 7.08. The number of ether oxygens (including phenoxy) is 1. The van der Waals surface area contributed by atoms with Crippen molar-refractivity contribution in [1.29, 1.82) is 0 Å². The van der Waals surface area contributed by atoms with Crippen molar-refractivity contribution in [2.24, 2.45) is 0 Å². The number of carbonyl (C=O) groups is 2. The van der Waals surface area contributed by atoms with Crippen LogP contribution < -0.4 is 10.1 Å². The van der Waals surface area contributed by atoms with Gasteiger partial charge in [-0.15, -0.1) is 0 Å². The molecule has 4 aromatic carbocycles. The van der Waals surface area contributed by atoms with Gasteiger partial charge in [-0.05, 0) is 109 Å². The van der Waals surface area contributed by atoms with Crippen LogP contribution in [0.3, 0.4) is 0 Å².